The summed E-state index contributed by atoms with van der Waals surface area (Å²) in [6.07, 6.45) is 5.17. The predicted molar refractivity (Wildman–Crippen MR) is 86.8 cm³/mol. The molecule has 1 aromatic rings. The third-order valence-electron chi connectivity index (χ3n) is 5.20. The van der Waals surface area contributed by atoms with Crippen molar-refractivity contribution in [3.63, 3.8) is 0 Å². The first-order chi connectivity index (χ1) is 11.6. The summed E-state index contributed by atoms with van der Waals surface area (Å²) in [5.74, 6) is 1.21. The molecule has 130 valence electrons. The maximum absolute atomic E-state index is 12.3. The van der Waals surface area contributed by atoms with Crippen LogP contribution in [0.1, 0.15) is 19.3 Å². The summed E-state index contributed by atoms with van der Waals surface area (Å²) in [5, 5.41) is 9.90. The Morgan fingerprint density at radius 1 is 1.38 bits per heavy atom. The molecule has 1 aromatic heterocycles. The lowest BCUT2D eigenvalue weighted by atomic mass is 9.81. The zero-order chi connectivity index (χ0) is 16.7. The van der Waals surface area contributed by atoms with Gasteiger partial charge in [0.15, 0.2) is 0 Å². The molecule has 1 N–H and O–H groups in total. The van der Waals surface area contributed by atoms with E-state index in [-0.39, 0.29) is 30.1 Å². The molecule has 1 aliphatic carbocycles. The highest BCUT2D eigenvalue weighted by molar-refractivity contribution is 6.30. The number of ether oxygens (including phenoxy) is 2. The van der Waals surface area contributed by atoms with Crippen LogP contribution in [0.2, 0.25) is 5.02 Å². The minimum absolute atomic E-state index is 0.00767. The summed E-state index contributed by atoms with van der Waals surface area (Å²) in [4.78, 5) is 18.2. The summed E-state index contributed by atoms with van der Waals surface area (Å²) in [5.41, 5.74) is 0. The molecule has 2 aliphatic heterocycles. The molecule has 6 nitrogen and oxygen atoms in total. The molecule has 3 fully saturated rings. The fraction of sp³-hybridized carbons (Fsp3) is 0.647. The SMILES string of the molecule is O=C(C1CC(O)C1)N1C[C@@H]2C[C@@H](COc3cncc(Cl)c3)O[C@@H]2C1. The van der Waals surface area contributed by atoms with Gasteiger partial charge < -0.3 is 19.5 Å². The Balaban J connectivity index is 1.25. The van der Waals surface area contributed by atoms with Gasteiger partial charge in [-0.3, -0.25) is 9.78 Å². The van der Waals surface area contributed by atoms with E-state index in [1.807, 2.05) is 4.90 Å². The van der Waals surface area contributed by atoms with Crippen LogP contribution in [-0.4, -0.2) is 58.9 Å². The maximum Gasteiger partial charge on any atom is 0.225 e. The second kappa shape index (κ2) is 6.50. The van der Waals surface area contributed by atoms with Crippen molar-refractivity contribution in [2.24, 2.45) is 11.8 Å². The van der Waals surface area contributed by atoms with E-state index in [1.54, 1.807) is 18.5 Å². The number of rotatable bonds is 4. The lowest BCUT2D eigenvalue weighted by molar-refractivity contribution is -0.142. The molecular formula is C17H21ClN2O4. The summed E-state index contributed by atoms with van der Waals surface area (Å²) in [7, 11) is 0. The molecule has 2 saturated heterocycles. The molecule has 24 heavy (non-hydrogen) atoms. The quantitative estimate of drug-likeness (QED) is 0.889. The Bertz CT molecular complexity index is 608. The van der Waals surface area contributed by atoms with Crippen LogP contribution in [0.3, 0.4) is 0 Å². The number of amides is 1. The molecule has 1 saturated carbocycles. The fourth-order valence-corrected chi connectivity index (χ4v) is 4.02. The predicted octanol–water partition coefficient (Wildman–Crippen LogP) is 1.50. The number of carbonyl (C=O) groups is 1. The van der Waals surface area contributed by atoms with Gasteiger partial charge in [0.05, 0.1) is 29.5 Å². The molecule has 3 atom stereocenters. The van der Waals surface area contributed by atoms with Crippen LogP contribution in [0.5, 0.6) is 5.75 Å². The van der Waals surface area contributed by atoms with Crippen molar-refractivity contribution in [2.75, 3.05) is 19.7 Å². The van der Waals surface area contributed by atoms with E-state index in [0.717, 1.165) is 13.0 Å². The number of hydrogen-bond donors (Lipinski definition) is 1. The van der Waals surface area contributed by atoms with Crippen LogP contribution in [0.4, 0.5) is 0 Å². The van der Waals surface area contributed by atoms with Crippen LogP contribution < -0.4 is 4.74 Å². The third kappa shape index (κ3) is 3.23. The van der Waals surface area contributed by atoms with Gasteiger partial charge in [-0.15, -0.1) is 0 Å². The maximum atomic E-state index is 12.3. The monoisotopic (exact) mass is 352 g/mol. The van der Waals surface area contributed by atoms with Crippen LogP contribution in [0.25, 0.3) is 0 Å². The van der Waals surface area contributed by atoms with E-state index in [2.05, 4.69) is 4.98 Å². The number of aromatic nitrogens is 1. The fourth-order valence-electron chi connectivity index (χ4n) is 3.86. The standard InChI is InChI=1S/C17H21ClN2O4/c18-12-4-14(6-19-5-12)23-9-15-3-11-7-20(8-16(11)24-15)17(22)10-1-13(21)2-10/h4-6,10-11,13,15-16,21H,1-3,7-9H2/t10?,11-,13?,15-,16+/m0/s1. The van der Waals surface area contributed by atoms with Gasteiger partial charge in [-0.25, -0.2) is 0 Å². The Morgan fingerprint density at radius 3 is 2.92 bits per heavy atom. The van der Waals surface area contributed by atoms with Gasteiger partial charge in [0.25, 0.3) is 0 Å². The molecule has 0 radical (unpaired) electrons. The third-order valence-corrected chi connectivity index (χ3v) is 5.41. The minimum Gasteiger partial charge on any atom is -0.489 e. The number of nitrogens with zero attached hydrogens (tertiary/aromatic N) is 2. The van der Waals surface area contributed by atoms with Gasteiger partial charge in [-0.2, -0.15) is 0 Å². The molecule has 0 aromatic carbocycles. The van der Waals surface area contributed by atoms with E-state index in [1.165, 1.54) is 0 Å². The van der Waals surface area contributed by atoms with Crippen molar-refractivity contribution in [1.29, 1.82) is 0 Å². The Labute approximate surface area is 145 Å². The number of aliphatic hydroxyl groups is 1. The first kappa shape index (κ1) is 16.1. The molecular weight excluding hydrogens is 332 g/mol. The smallest absolute Gasteiger partial charge is 0.225 e. The van der Waals surface area contributed by atoms with Crippen LogP contribution in [0.15, 0.2) is 18.5 Å². The largest absolute Gasteiger partial charge is 0.489 e. The van der Waals surface area contributed by atoms with Gasteiger partial charge in [0.2, 0.25) is 5.91 Å². The number of hydrogen-bond acceptors (Lipinski definition) is 5. The lowest BCUT2D eigenvalue weighted by Gasteiger charge is -2.33. The second-order valence-electron chi connectivity index (χ2n) is 7.01. The van der Waals surface area contributed by atoms with Crippen LogP contribution >= 0.6 is 11.6 Å². The minimum atomic E-state index is -0.292. The Hall–Kier alpha value is -1.37. The highest BCUT2D eigenvalue weighted by Gasteiger charge is 2.46. The lowest BCUT2D eigenvalue weighted by Crippen LogP contribution is -2.43. The van der Waals surface area contributed by atoms with Gasteiger partial charge in [0.1, 0.15) is 12.4 Å². The highest BCUT2D eigenvalue weighted by atomic mass is 35.5. The van der Waals surface area contributed by atoms with Gasteiger partial charge in [-0.05, 0) is 19.3 Å². The van der Waals surface area contributed by atoms with E-state index in [0.29, 0.717) is 42.7 Å². The topological polar surface area (TPSA) is 71.9 Å². The molecule has 3 aliphatic rings. The Morgan fingerprint density at radius 2 is 2.21 bits per heavy atom. The van der Waals surface area contributed by atoms with E-state index >= 15 is 0 Å². The van der Waals surface area contributed by atoms with Crippen molar-refractivity contribution in [1.82, 2.24) is 9.88 Å². The number of likely N-dealkylation sites (tertiary alicyclic amines) is 1. The van der Waals surface area contributed by atoms with Crippen LogP contribution in [-0.2, 0) is 9.53 Å². The van der Waals surface area contributed by atoms with E-state index in [9.17, 15) is 9.90 Å². The van der Waals surface area contributed by atoms with Crippen molar-refractivity contribution >= 4 is 17.5 Å². The van der Waals surface area contributed by atoms with Crippen LogP contribution in [0, 0.1) is 11.8 Å². The zero-order valence-corrected chi connectivity index (χ0v) is 14.1. The number of halogens is 1. The molecule has 0 bridgehead atoms. The Kier molecular flexibility index (Phi) is 4.37. The normalized spacial score (nSPS) is 34.8. The van der Waals surface area contributed by atoms with Gasteiger partial charge >= 0.3 is 0 Å². The van der Waals surface area contributed by atoms with Crippen molar-refractivity contribution < 1.29 is 19.4 Å². The van der Waals surface area contributed by atoms with Gasteiger partial charge in [0, 0.05) is 37.2 Å². The van der Waals surface area contributed by atoms with E-state index in [4.69, 9.17) is 21.1 Å². The van der Waals surface area contributed by atoms with Crippen molar-refractivity contribution in [3.05, 3.63) is 23.5 Å². The summed E-state index contributed by atoms with van der Waals surface area (Å²) >= 11 is 5.89. The average molecular weight is 353 g/mol. The summed E-state index contributed by atoms with van der Waals surface area (Å²) in [6, 6.07) is 1.73. The first-order valence-electron chi connectivity index (χ1n) is 8.44. The molecule has 0 spiro atoms. The number of aliphatic hydroxyl groups excluding tert-OH is 1. The van der Waals surface area contributed by atoms with Crippen molar-refractivity contribution in [2.45, 2.75) is 37.6 Å². The number of carbonyl (C=O) groups excluding carboxylic acids is 1. The molecule has 7 heteroatoms. The molecule has 1 amide bonds. The summed E-state index contributed by atoms with van der Waals surface area (Å²) < 4.78 is 11.8. The molecule has 0 unspecified atom stereocenters. The zero-order valence-electron chi connectivity index (χ0n) is 13.3. The molecule has 4 rings (SSSR count). The highest BCUT2D eigenvalue weighted by Crippen LogP contribution is 2.36. The molecule has 3 heterocycles. The second-order valence-corrected chi connectivity index (χ2v) is 7.44. The van der Waals surface area contributed by atoms with Gasteiger partial charge in [-0.1, -0.05) is 11.6 Å². The summed E-state index contributed by atoms with van der Waals surface area (Å²) in [6.45, 7) is 1.88. The number of fused-ring (bicyclic) bond motifs is 1. The van der Waals surface area contributed by atoms with E-state index < -0.39 is 0 Å². The first-order valence-corrected chi connectivity index (χ1v) is 8.82. The average Bonchev–Trinajstić information content (AvgIpc) is 3.07. The van der Waals surface area contributed by atoms with Crippen molar-refractivity contribution in [3.8, 4) is 5.75 Å². The number of pyridine rings is 1.